The van der Waals surface area contributed by atoms with E-state index in [1.165, 1.54) is 0 Å². The molecule has 0 aromatic heterocycles. The fourth-order valence-corrected chi connectivity index (χ4v) is 2.98. The minimum atomic E-state index is -1.73. The van der Waals surface area contributed by atoms with Crippen molar-refractivity contribution in [3.05, 3.63) is 0 Å². The summed E-state index contributed by atoms with van der Waals surface area (Å²) in [5, 5.41) is 70.7. The van der Waals surface area contributed by atoms with Gasteiger partial charge in [-0.25, -0.2) is 0 Å². The van der Waals surface area contributed by atoms with Crippen molar-refractivity contribution in [1.82, 2.24) is 5.32 Å². The maximum atomic E-state index is 11.2. The van der Waals surface area contributed by atoms with E-state index < -0.39 is 80.5 Å². The second-order valence-electron chi connectivity index (χ2n) is 6.26. The van der Waals surface area contributed by atoms with Crippen LogP contribution in [0, 0.1) is 0 Å². The molecule has 2 saturated heterocycles. The Bertz CT molecular complexity index is 478. The van der Waals surface area contributed by atoms with E-state index in [1.54, 1.807) is 0 Å². The van der Waals surface area contributed by atoms with Gasteiger partial charge in [0.25, 0.3) is 0 Å². The minimum absolute atomic E-state index is 0.564. The maximum absolute atomic E-state index is 11.2. The zero-order valence-corrected chi connectivity index (χ0v) is 14.0. The number of hydrogen-bond donors (Lipinski definition) is 8. The van der Waals surface area contributed by atoms with Gasteiger partial charge in [0.2, 0.25) is 5.91 Å². The van der Waals surface area contributed by atoms with Gasteiger partial charge >= 0.3 is 0 Å². The Balaban J connectivity index is 2.16. The Morgan fingerprint density at radius 1 is 0.923 bits per heavy atom. The Labute approximate surface area is 148 Å². The van der Waals surface area contributed by atoms with Gasteiger partial charge in [0.1, 0.15) is 48.8 Å². The standard InChI is InChI=1S/C14H25NO11/c1-4(18)15-7-9(20)12(6(3-17)24-13(7)23)26-14-11(22)10(21)8(19)5(2-16)25-14/h5-14,16-17,19-23H,2-3H2,1H3,(H,15,18)/t5?,6?,7-,8?,9?,10?,11-,12?,13+,14-/m0/s1. The van der Waals surface area contributed by atoms with Crippen molar-refractivity contribution in [3.8, 4) is 0 Å². The number of rotatable bonds is 5. The van der Waals surface area contributed by atoms with Crippen LogP contribution in [0.4, 0.5) is 0 Å². The number of aliphatic hydroxyl groups excluding tert-OH is 7. The van der Waals surface area contributed by atoms with Gasteiger partial charge in [-0.15, -0.1) is 0 Å². The monoisotopic (exact) mass is 383 g/mol. The zero-order chi connectivity index (χ0) is 19.6. The first-order valence-electron chi connectivity index (χ1n) is 8.06. The lowest BCUT2D eigenvalue weighted by Gasteiger charge is -2.46. The fourth-order valence-electron chi connectivity index (χ4n) is 2.98. The number of carbonyl (C=O) groups is 1. The maximum Gasteiger partial charge on any atom is 0.217 e. The van der Waals surface area contributed by atoms with Gasteiger partial charge in [-0.3, -0.25) is 4.79 Å². The molecule has 0 bridgehead atoms. The third-order valence-corrected chi connectivity index (χ3v) is 4.38. The average molecular weight is 383 g/mol. The van der Waals surface area contributed by atoms with Gasteiger partial charge in [0.05, 0.1) is 13.2 Å². The number of nitrogens with one attached hydrogen (secondary N) is 1. The van der Waals surface area contributed by atoms with Crippen LogP contribution >= 0.6 is 0 Å². The summed E-state index contributed by atoms with van der Waals surface area (Å²) < 4.78 is 15.7. The van der Waals surface area contributed by atoms with Crippen molar-refractivity contribution in [1.29, 1.82) is 0 Å². The molecule has 0 aromatic rings. The molecule has 0 aliphatic carbocycles. The topological polar surface area (TPSA) is 198 Å². The molecule has 2 fully saturated rings. The fraction of sp³-hybridized carbons (Fsp3) is 0.929. The smallest absolute Gasteiger partial charge is 0.217 e. The quantitative estimate of drug-likeness (QED) is 0.226. The second kappa shape index (κ2) is 8.84. The third kappa shape index (κ3) is 4.31. The first-order chi connectivity index (χ1) is 12.2. The van der Waals surface area contributed by atoms with Crippen molar-refractivity contribution in [2.24, 2.45) is 0 Å². The molecule has 152 valence electrons. The Hall–Kier alpha value is -0.930. The molecule has 26 heavy (non-hydrogen) atoms. The molecule has 12 heteroatoms. The van der Waals surface area contributed by atoms with Crippen molar-refractivity contribution >= 4 is 5.91 Å². The Morgan fingerprint density at radius 3 is 2.08 bits per heavy atom. The van der Waals surface area contributed by atoms with Crippen LogP contribution in [0.1, 0.15) is 6.92 Å². The van der Waals surface area contributed by atoms with E-state index in [0.717, 1.165) is 6.92 Å². The van der Waals surface area contributed by atoms with E-state index in [4.69, 9.17) is 14.2 Å². The van der Waals surface area contributed by atoms with Crippen LogP contribution in [0.15, 0.2) is 0 Å². The van der Waals surface area contributed by atoms with Crippen LogP contribution in [0.3, 0.4) is 0 Å². The normalized spacial score (nSPS) is 46.8. The largest absolute Gasteiger partial charge is 0.394 e. The Kier molecular flexibility index (Phi) is 7.27. The van der Waals surface area contributed by atoms with E-state index in [2.05, 4.69) is 5.32 Å². The van der Waals surface area contributed by atoms with Crippen LogP contribution < -0.4 is 5.32 Å². The summed E-state index contributed by atoms with van der Waals surface area (Å²) >= 11 is 0. The summed E-state index contributed by atoms with van der Waals surface area (Å²) in [5.41, 5.74) is 0. The molecule has 0 radical (unpaired) electrons. The highest BCUT2D eigenvalue weighted by Gasteiger charge is 2.50. The molecule has 0 saturated carbocycles. The highest BCUT2D eigenvalue weighted by Crippen LogP contribution is 2.28. The average Bonchev–Trinajstić information content (AvgIpc) is 2.60. The number of carbonyl (C=O) groups excluding carboxylic acids is 1. The summed E-state index contributed by atoms with van der Waals surface area (Å²) in [4.78, 5) is 11.2. The summed E-state index contributed by atoms with van der Waals surface area (Å²) in [6.45, 7) is -0.195. The molecule has 6 unspecified atom stereocenters. The van der Waals surface area contributed by atoms with Crippen LogP contribution in [0.5, 0.6) is 0 Å². The van der Waals surface area contributed by atoms with Crippen LogP contribution in [0.25, 0.3) is 0 Å². The van der Waals surface area contributed by atoms with Gasteiger partial charge < -0.3 is 55.3 Å². The molecule has 0 spiro atoms. The first kappa shape index (κ1) is 21.4. The van der Waals surface area contributed by atoms with Gasteiger partial charge in [-0.1, -0.05) is 0 Å². The van der Waals surface area contributed by atoms with Crippen LogP contribution in [-0.2, 0) is 19.0 Å². The predicted octanol–water partition coefficient (Wildman–Crippen LogP) is -5.25. The summed E-state index contributed by atoms with van der Waals surface area (Å²) in [6, 6.07) is -1.29. The van der Waals surface area contributed by atoms with Crippen molar-refractivity contribution in [2.75, 3.05) is 13.2 Å². The molecule has 2 aliphatic rings. The van der Waals surface area contributed by atoms with Gasteiger partial charge in [0.15, 0.2) is 12.6 Å². The van der Waals surface area contributed by atoms with Crippen molar-refractivity contribution in [2.45, 2.75) is 68.3 Å². The predicted molar refractivity (Wildman–Crippen MR) is 80.2 cm³/mol. The van der Waals surface area contributed by atoms with E-state index in [9.17, 15) is 40.5 Å². The first-order valence-corrected chi connectivity index (χ1v) is 8.06. The molecule has 2 aliphatic heterocycles. The lowest BCUT2D eigenvalue weighted by atomic mass is 9.95. The van der Waals surface area contributed by atoms with E-state index >= 15 is 0 Å². The summed E-state index contributed by atoms with van der Waals surface area (Å²) in [5.74, 6) is -0.564. The highest BCUT2D eigenvalue weighted by molar-refractivity contribution is 5.73. The minimum Gasteiger partial charge on any atom is -0.394 e. The van der Waals surface area contributed by atoms with Crippen LogP contribution in [-0.4, -0.2) is 116 Å². The number of aliphatic hydroxyl groups is 7. The van der Waals surface area contributed by atoms with Gasteiger partial charge in [-0.05, 0) is 0 Å². The second-order valence-corrected chi connectivity index (χ2v) is 6.26. The number of amides is 1. The molecular weight excluding hydrogens is 358 g/mol. The molecule has 10 atom stereocenters. The zero-order valence-electron chi connectivity index (χ0n) is 14.0. The van der Waals surface area contributed by atoms with E-state index in [-0.39, 0.29) is 0 Å². The molecular formula is C14H25NO11. The third-order valence-electron chi connectivity index (χ3n) is 4.38. The molecule has 8 N–H and O–H groups in total. The van der Waals surface area contributed by atoms with E-state index in [0.29, 0.717) is 0 Å². The lowest BCUT2D eigenvalue weighted by molar-refractivity contribution is -0.345. The molecule has 0 aromatic carbocycles. The molecule has 1 amide bonds. The molecule has 2 rings (SSSR count). The van der Waals surface area contributed by atoms with E-state index in [1.807, 2.05) is 0 Å². The summed E-state index contributed by atoms with van der Waals surface area (Å²) in [6.07, 6.45) is -13.6. The lowest BCUT2D eigenvalue weighted by Crippen LogP contribution is -2.67. The number of ether oxygens (including phenoxy) is 3. The van der Waals surface area contributed by atoms with Crippen molar-refractivity contribution < 1.29 is 54.8 Å². The Morgan fingerprint density at radius 2 is 1.54 bits per heavy atom. The molecule has 12 nitrogen and oxygen atoms in total. The summed E-state index contributed by atoms with van der Waals surface area (Å²) in [7, 11) is 0. The van der Waals surface area contributed by atoms with Crippen molar-refractivity contribution in [3.63, 3.8) is 0 Å². The SMILES string of the molecule is CC(=O)N[C@H]1C(O)C(O[C@@H]2OC(CO)C(O)C(O)[C@@H]2O)C(CO)O[C@H]1O. The molecule has 2 heterocycles. The van der Waals surface area contributed by atoms with Gasteiger partial charge in [-0.2, -0.15) is 0 Å². The van der Waals surface area contributed by atoms with Gasteiger partial charge in [0, 0.05) is 6.92 Å². The van der Waals surface area contributed by atoms with Crippen LogP contribution in [0.2, 0.25) is 0 Å². The highest BCUT2D eigenvalue weighted by atomic mass is 16.7. The number of hydrogen-bond acceptors (Lipinski definition) is 11.